The molecule has 2 saturated heterocycles. The van der Waals surface area contributed by atoms with Crippen LogP contribution >= 0.6 is 0 Å². The van der Waals surface area contributed by atoms with E-state index in [2.05, 4.69) is 0 Å². The maximum atomic E-state index is 14.6. The molecule has 0 bridgehead atoms. The SMILES string of the molecule is O=C(c1ccccc1)[C@@H]1[C@@H]2C(=O)N(c3ccccc3F)C(=O)[C@@H]2[C@H]2c3ccccc3C=CN12. The Morgan fingerprint density at radius 2 is 1.45 bits per heavy atom. The number of Topliss-reactive ketones (excluding diaryl/α,β-unsaturated/α-hetero) is 1. The minimum absolute atomic E-state index is 0.0704. The maximum absolute atomic E-state index is 14.6. The van der Waals surface area contributed by atoms with Crippen molar-refractivity contribution in [3.05, 3.63) is 108 Å². The fourth-order valence-corrected chi connectivity index (χ4v) is 5.50. The van der Waals surface area contributed by atoms with Gasteiger partial charge in [0.25, 0.3) is 0 Å². The number of anilines is 1. The summed E-state index contributed by atoms with van der Waals surface area (Å²) in [7, 11) is 0. The van der Waals surface area contributed by atoms with Crippen LogP contribution in [0, 0.1) is 17.7 Å². The van der Waals surface area contributed by atoms with Crippen LogP contribution in [-0.4, -0.2) is 28.5 Å². The van der Waals surface area contributed by atoms with Crippen LogP contribution in [0.5, 0.6) is 0 Å². The smallest absolute Gasteiger partial charge is 0.240 e. The lowest BCUT2D eigenvalue weighted by molar-refractivity contribution is -0.123. The molecule has 4 atom stereocenters. The Balaban J connectivity index is 1.52. The molecular weight excluding hydrogens is 419 g/mol. The summed E-state index contributed by atoms with van der Waals surface area (Å²) in [4.78, 5) is 43.9. The normalized spacial score (nSPS) is 25.1. The van der Waals surface area contributed by atoms with Crippen molar-refractivity contribution < 1.29 is 18.8 Å². The largest absolute Gasteiger partial charge is 0.358 e. The van der Waals surface area contributed by atoms with Gasteiger partial charge in [0.05, 0.1) is 23.6 Å². The van der Waals surface area contributed by atoms with E-state index in [1.165, 1.54) is 18.2 Å². The molecular formula is C27H19FN2O3. The van der Waals surface area contributed by atoms with Crippen LogP contribution in [0.3, 0.4) is 0 Å². The molecule has 3 aliphatic heterocycles. The van der Waals surface area contributed by atoms with E-state index in [-0.39, 0.29) is 11.5 Å². The van der Waals surface area contributed by atoms with Crippen LogP contribution in [0.15, 0.2) is 85.1 Å². The van der Waals surface area contributed by atoms with Crippen molar-refractivity contribution in [2.75, 3.05) is 4.90 Å². The van der Waals surface area contributed by atoms with E-state index in [0.717, 1.165) is 16.0 Å². The van der Waals surface area contributed by atoms with Crippen molar-refractivity contribution in [2.45, 2.75) is 12.1 Å². The summed E-state index contributed by atoms with van der Waals surface area (Å²) in [6.07, 6.45) is 3.71. The molecule has 3 aromatic carbocycles. The van der Waals surface area contributed by atoms with E-state index < -0.39 is 41.6 Å². The molecule has 0 saturated carbocycles. The van der Waals surface area contributed by atoms with Gasteiger partial charge in [-0.05, 0) is 29.3 Å². The Bertz CT molecular complexity index is 1340. The summed E-state index contributed by atoms with van der Waals surface area (Å²) in [5.74, 6) is -3.59. The third kappa shape index (κ3) is 2.73. The number of ketones is 1. The monoisotopic (exact) mass is 438 g/mol. The summed E-state index contributed by atoms with van der Waals surface area (Å²) in [5.41, 5.74) is 2.22. The number of halogens is 1. The van der Waals surface area contributed by atoms with E-state index >= 15 is 0 Å². The average molecular weight is 438 g/mol. The zero-order valence-electron chi connectivity index (χ0n) is 17.5. The van der Waals surface area contributed by atoms with E-state index in [0.29, 0.717) is 5.56 Å². The number of nitrogens with zero attached hydrogens (tertiary/aromatic N) is 2. The van der Waals surface area contributed by atoms with Crippen LogP contribution in [0.1, 0.15) is 27.5 Å². The summed E-state index contributed by atoms with van der Waals surface area (Å²) < 4.78 is 14.6. The van der Waals surface area contributed by atoms with Crippen LogP contribution in [0.25, 0.3) is 6.08 Å². The van der Waals surface area contributed by atoms with Crippen molar-refractivity contribution in [2.24, 2.45) is 11.8 Å². The van der Waals surface area contributed by atoms with Crippen LogP contribution in [-0.2, 0) is 9.59 Å². The van der Waals surface area contributed by atoms with Gasteiger partial charge in [0.2, 0.25) is 11.8 Å². The number of benzene rings is 3. The number of hydrogen-bond acceptors (Lipinski definition) is 4. The predicted octanol–water partition coefficient (Wildman–Crippen LogP) is 4.22. The third-order valence-electron chi connectivity index (χ3n) is 6.88. The zero-order valence-corrected chi connectivity index (χ0v) is 17.5. The molecule has 0 radical (unpaired) electrons. The standard InChI is InChI=1S/C27H19FN2O3/c28-19-12-6-7-13-20(19)30-26(32)21-22(27(30)33)24(25(31)17-9-2-1-3-10-17)29-15-14-16-8-4-5-11-18(16)23(21)29/h1-15,21-24H/t21-,22+,23+,24-/m0/s1. The summed E-state index contributed by atoms with van der Waals surface area (Å²) in [5, 5.41) is 0. The molecule has 162 valence electrons. The quantitative estimate of drug-likeness (QED) is 0.454. The Morgan fingerprint density at radius 1 is 0.788 bits per heavy atom. The summed E-state index contributed by atoms with van der Waals surface area (Å²) in [6, 6.07) is 20.8. The van der Waals surface area contributed by atoms with Crippen molar-refractivity contribution in [1.29, 1.82) is 0 Å². The van der Waals surface area contributed by atoms with Crippen molar-refractivity contribution in [1.82, 2.24) is 4.90 Å². The fraction of sp³-hybridized carbons (Fsp3) is 0.148. The Kier molecular flexibility index (Phi) is 4.30. The summed E-state index contributed by atoms with van der Waals surface area (Å²) in [6.45, 7) is 0. The molecule has 2 fully saturated rings. The number of carbonyl (C=O) groups excluding carboxylic acids is 3. The lowest BCUT2D eigenvalue weighted by Gasteiger charge is -2.35. The number of rotatable bonds is 3. The number of imide groups is 1. The highest BCUT2D eigenvalue weighted by molar-refractivity contribution is 6.24. The van der Waals surface area contributed by atoms with Crippen molar-refractivity contribution in [3.63, 3.8) is 0 Å². The van der Waals surface area contributed by atoms with Gasteiger partial charge in [-0.15, -0.1) is 0 Å². The lowest BCUT2D eigenvalue weighted by Crippen LogP contribution is -2.44. The predicted molar refractivity (Wildman–Crippen MR) is 120 cm³/mol. The minimum Gasteiger partial charge on any atom is -0.358 e. The van der Waals surface area contributed by atoms with Gasteiger partial charge < -0.3 is 4.90 Å². The zero-order chi connectivity index (χ0) is 22.7. The van der Waals surface area contributed by atoms with Gasteiger partial charge in [-0.25, -0.2) is 9.29 Å². The van der Waals surface area contributed by atoms with Gasteiger partial charge in [-0.3, -0.25) is 14.4 Å². The molecule has 6 rings (SSSR count). The van der Waals surface area contributed by atoms with Crippen LogP contribution in [0.4, 0.5) is 10.1 Å². The molecule has 0 unspecified atom stereocenters. The van der Waals surface area contributed by atoms with Gasteiger partial charge in [-0.1, -0.05) is 66.7 Å². The highest BCUT2D eigenvalue weighted by Crippen LogP contribution is 2.53. The van der Waals surface area contributed by atoms with E-state index in [1.54, 1.807) is 30.3 Å². The number of hydrogen-bond donors (Lipinski definition) is 0. The molecule has 3 heterocycles. The third-order valence-corrected chi connectivity index (χ3v) is 6.88. The van der Waals surface area contributed by atoms with Crippen LogP contribution in [0.2, 0.25) is 0 Å². The first-order valence-electron chi connectivity index (χ1n) is 10.8. The molecule has 5 nitrogen and oxygen atoms in total. The van der Waals surface area contributed by atoms with Gasteiger partial charge in [0.1, 0.15) is 11.9 Å². The summed E-state index contributed by atoms with van der Waals surface area (Å²) >= 11 is 0. The van der Waals surface area contributed by atoms with Crippen LogP contribution < -0.4 is 4.90 Å². The first kappa shape index (κ1) is 19.6. The van der Waals surface area contributed by atoms with Gasteiger partial charge in [0, 0.05) is 11.8 Å². The van der Waals surface area contributed by atoms with Crippen molar-refractivity contribution >= 4 is 29.4 Å². The number of fused-ring (bicyclic) bond motifs is 5. The number of carbonyl (C=O) groups is 3. The highest BCUT2D eigenvalue weighted by Gasteiger charge is 2.64. The molecule has 0 spiro atoms. The Hall–Kier alpha value is -4.06. The maximum Gasteiger partial charge on any atom is 0.240 e. The molecule has 3 aliphatic rings. The average Bonchev–Trinajstić information content (AvgIpc) is 3.32. The first-order chi connectivity index (χ1) is 16.1. The van der Waals surface area contributed by atoms with Gasteiger partial charge >= 0.3 is 0 Å². The Labute approximate surface area is 189 Å². The molecule has 6 heteroatoms. The molecule has 0 aromatic heterocycles. The van der Waals surface area contributed by atoms with Gasteiger partial charge in [0.15, 0.2) is 5.78 Å². The molecule has 0 N–H and O–H groups in total. The van der Waals surface area contributed by atoms with E-state index in [9.17, 15) is 18.8 Å². The van der Waals surface area contributed by atoms with Crippen molar-refractivity contribution in [3.8, 4) is 0 Å². The minimum atomic E-state index is -0.911. The Morgan fingerprint density at radius 3 is 2.24 bits per heavy atom. The fourth-order valence-electron chi connectivity index (χ4n) is 5.50. The van der Waals surface area contributed by atoms with Gasteiger partial charge in [-0.2, -0.15) is 0 Å². The topological polar surface area (TPSA) is 57.7 Å². The molecule has 3 aromatic rings. The molecule has 0 aliphatic carbocycles. The second kappa shape index (κ2) is 7.24. The highest BCUT2D eigenvalue weighted by atomic mass is 19.1. The van der Waals surface area contributed by atoms with E-state index in [4.69, 9.17) is 0 Å². The second-order valence-electron chi connectivity index (χ2n) is 8.53. The van der Waals surface area contributed by atoms with E-state index in [1.807, 2.05) is 47.5 Å². The molecule has 33 heavy (non-hydrogen) atoms. The lowest BCUT2D eigenvalue weighted by atomic mass is 9.83. The first-order valence-corrected chi connectivity index (χ1v) is 10.8. The number of amides is 2. The second-order valence-corrected chi connectivity index (χ2v) is 8.53. The molecule has 2 amide bonds. The number of para-hydroxylation sites is 1.